The van der Waals surface area contributed by atoms with Crippen molar-refractivity contribution in [1.29, 1.82) is 0 Å². The van der Waals surface area contributed by atoms with Gasteiger partial charge in [-0.25, -0.2) is 0 Å². The molecule has 1 aliphatic rings. The molecular formula is C25H23NO7. The fraction of sp³-hybridized carbons (Fsp3) is 0.240. The molecule has 0 atom stereocenters. The van der Waals surface area contributed by atoms with Gasteiger partial charge in [-0.1, -0.05) is 18.2 Å². The van der Waals surface area contributed by atoms with E-state index in [1.165, 1.54) is 7.11 Å². The molecule has 0 unspecified atom stereocenters. The summed E-state index contributed by atoms with van der Waals surface area (Å²) in [4.78, 5) is 25.2. The maximum atomic E-state index is 12.9. The summed E-state index contributed by atoms with van der Waals surface area (Å²) in [7, 11) is 1.48. The number of fused-ring (bicyclic) bond motifs is 1. The first-order chi connectivity index (χ1) is 16.0. The number of rotatable bonds is 8. The predicted molar refractivity (Wildman–Crippen MR) is 119 cm³/mol. The molecule has 0 N–H and O–H groups in total. The first-order valence-corrected chi connectivity index (χ1v) is 10.5. The van der Waals surface area contributed by atoms with Crippen LogP contribution in [0.25, 0.3) is 6.08 Å². The number of allylic oxidation sites excluding steroid dienone is 1. The molecule has 8 heteroatoms. The van der Waals surface area contributed by atoms with Crippen molar-refractivity contribution in [2.45, 2.75) is 26.7 Å². The normalized spacial score (nSPS) is 13.5. The van der Waals surface area contributed by atoms with E-state index < -0.39 is 5.97 Å². The molecule has 1 aliphatic heterocycles. The second-order valence-corrected chi connectivity index (χ2v) is 7.29. The first kappa shape index (κ1) is 22.1. The summed E-state index contributed by atoms with van der Waals surface area (Å²) in [5.41, 5.74) is 1.72. The molecule has 0 spiro atoms. The smallest absolute Gasteiger partial charge is 0.311 e. The van der Waals surface area contributed by atoms with Crippen LogP contribution in [0, 0.1) is 6.92 Å². The van der Waals surface area contributed by atoms with Crippen LogP contribution < -0.4 is 18.9 Å². The third-order valence-corrected chi connectivity index (χ3v) is 5.09. The zero-order valence-corrected chi connectivity index (χ0v) is 18.5. The summed E-state index contributed by atoms with van der Waals surface area (Å²) in [5, 5.41) is 3.70. The first-order valence-electron chi connectivity index (χ1n) is 10.5. The molecule has 2 aromatic carbocycles. The number of Topliss-reactive ketones (excluding diaryl/α,β-unsaturated/α-hetero) is 1. The van der Waals surface area contributed by atoms with E-state index in [1.54, 1.807) is 31.2 Å². The van der Waals surface area contributed by atoms with Crippen LogP contribution in [0.2, 0.25) is 0 Å². The largest absolute Gasteiger partial charge is 0.493 e. The number of aromatic nitrogens is 1. The molecule has 0 saturated carbocycles. The lowest BCUT2D eigenvalue weighted by Gasteiger charge is -2.10. The molecule has 2 heterocycles. The van der Waals surface area contributed by atoms with Crippen LogP contribution >= 0.6 is 0 Å². The fourth-order valence-electron chi connectivity index (χ4n) is 3.41. The van der Waals surface area contributed by atoms with Crippen LogP contribution in [0.15, 0.2) is 52.7 Å². The van der Waals surface area contributed by atoms with E-state index in [-0.39, 0.29) is 18.0 Å². The van der Waals surface area contributed by atoms with Gasteiger partial charge in [0, 0.05) is 23.6 Å². The van der Waals surface area contributed by atoms with Crippen molar-refractivity contribution in [3.8, 4) is 23.1 Å². The third-order valence-electron chi connectivity index (χ3n) is 5.09. The van der Waals surface area contributed by atoms with Gasteiger partial charge in [0.1, 0.15) is 23.0 Å². The molecule has 0 fully saturated rings. The van der Waals surface area contributed by atoms with Crippen molar-refractivity contribution in [3.05, 3.63) is 70.7 Å². The van der Waals surface area contributed by atoms with Crippen molar-refractivity contribution in [2.24, 2.45) is 0 Å². The van der Waals surface area contributed by atoms with E-state index in [2.05, 4.69) is 5.16 Å². The van der Waals surface area contributed by atoms with Crippen molar-refractivity contribution < 1.29 is 33.1 Å². The number of ketones is 1. The van der Waals surface area contributed by atoms with E-state index >= 15 is 0 Å². The number of esters is 1. The Bertz CT molecular complexity index is 1230. The van der Waals surface area contributed by atoms with Gasteiger partial charge in [-0.3, -0.25) is 9.59 Å². The fourth-order valence-corrected chi connectivity index (χ4v) is 3.41. The summed E-state index contributed by atoms with van der Waals surface area (Å²) in [6.45, 7) is 4.14. The number of methoxy groups -OCH3 is 1. The van der Waals surface area contributed by atoms with E-state index in [0.29, 0.717) is 53.0 Å². The van der Waals surface area contributed by atoms with Gasteiger partial charge in [-0.15, -0.1) is 0 Å². The van der Waals surface area contributed by atoms with Crippen LogP contribution in [-0.2, 0) is 11.2 Å². The highest BCUT2D eigenvalue weighted by atomic mass is 16.5. The number of aryl methyl sites for hydroxylation is 1. The van der Waals surface area contributed by atoms with E-state index in [0.717, 1.165) is 5.56 Å². The number of para-hydroxylation sites is 1. The van der Waals surface area contributed by atoms with Crippen LogP contribution in [0.5, 0.6) is 23.1 Å². The Morgan fingerprint density at radius 1 is 1.15 bits per heavy atom. The van der Waals surface area contributed by atoms with Crippen LogP contribution in [0.4, 0.5) is 0 Å². The molecule has 33 heavy (non-hydrogen) atoms. The number of ether oxygens (including phenoxy) is 4. The van der Waals surface area contributed by atoms with Gasteiger partial charge in [-0.2, -0.15) is 0 Å². The van der Waals surface area contributed by atoms with Gasteiger partial charge in [0.25, 0.3) is 5.88 Å². The SMILES string of the molecule is CCOc1ccccc1/C=C1\Oc2c(ccc(OC(=O)CCc3cc(OC)no3)c2C)C1=O. The third kappa shape index (κ3) is 4.74. The molecule has 170 valence electrons. The van der Waals surface area contributed by atoms with Crippen LogP contribution in [0.3, 0.4) is 0 Å². The second-order valence-electron chi connectivity index (χ2n) is 7.29. The lowest BCUT2D eigenvalue weighted by atomic mass is 10.1. The Balaban J connectivity index is 1.48. The summed E-state index contributed by atoms with van der Waals surface area (Å²) in [6.07, 6.45) is 2.07. The Morgan fingerprint density at radius 2 is 1.97 bits per heavy atom. The number of benzene rings is 2. The van der Waals surface area contributed by atoms with Crippen LogP contribution in [-0.4, -0.2) is 30.6 Å². The summed E-state index contributed by atoms with van der Waals surface area (Å²) >= 11 is 0. The number of hydrogen-bond donors (Lipinski definition) is 0. The van der Waals surface area contributed by atoms with Gasteiger partial charge in [0.2, 0.25) is 5.78 Å². The van der Waals surface area contributed by atoms with Crippen molar-refractivity contribution in [2.75, 3.05) is 13.7 Å². The van der Waals surface area contributed by atoms with E-state index in [9.17, 15) is 9.59 Å². The monoisotopic (exact) mass is 449 g/mol. The number of carbonyl (C=O) groups excluding carboxylic acids is 2. The van der Waals surface area contributed by atoms with Crippen molar-refractivity contribution in [3.63, 3.8) is 0 Å². The maximum Gasteiger partial charge on any atom is 0.311 e. The minimum atomic E-state index is -0.445. The molecule has 1 aromatic heterocycles. The van der Waals surface area contributed by atoms with Gasteiger partial charge in [0.15, 0.2) is 5.76 Å². The lowest BCUT2D eigenvalue weighted by Crippen LogP contribution is -2.10. The van der Waals surface area contributed by atoms with E-state index in [1.807, 2.05) is 31.2 Å². The second kappa shape index (κ2) is 9.60. The molecule has 0 radical (unpaired) electrons. The van der Waals surface area contributed by atoms with Gasteiger partial charge in [0.05, 0.1) is 25.7 Å². The molecular weight excluding hydrogens is 426 g/mol. The molecule has 3 aromatic rings. The number of nitrogens with zero attached hydrogens (tertiary/aromatic N) is 1. The van der Waals surface area contributed by atoms with Gasteiger partial charge < -0.3 is 23.5 Å². The zero-order valence-electron chi connectivity index (χ0n) is 18.5. The molecule has 8 nitrogen and oxygen atoms in total. The standard InChI is InChI=1S/C25H23NO7/c1-4-30-20-8-6-5-7-16(20)13-21-24(28)18-10-11-19(15(2)25(18)32-21)31-23(27)12-9-17-14-22(29-3)26-33-17/h5-8,10-11,13-14H,4,9,12H2,1-3H3/b21-13-. The van der Waals surface area contributed by atoms with Crippen LogP contribution in [0.1, 0.15) is 40.6 Å². The number of hydrogen-bond acceptors (Lipinski definition) is 8. The van der Waals surface area contributed by atoms with Gasteiger partial charge >= 0.3 is 5.97 Å². The zero-order chi connectivity index (χ0) is 23.4. The topological polar surface area (TPSA) is 97.1 Å². The average molecular weight is 449 g/mol. The number of carbonyl (C=O) groups is 2. The Hall–Kier alpha value is -4.07. The Kier molecular flexibility index (Phi) is 6.44. The maximum absolute atomic E-state index is 12.9. The molecule has 0 amide bonds. The minimum absolute atomic E-state index is 0.0913. The van der Waals surface area contributed by atoms with Crippen molar-refractivity contribution >= 4 is 17.8 Å². The van der Waals surface area contributed by atoms with Crippen molar-refractivity contribution in [1.82, 2.24) is 5.16 Å². The molecule has 0 saturated heterocycles. The molecule has 0 aliphatic carbocycles. The summed E-state index contributed by atoms with van der Waals surface area (Å²) < 4.78 is 27.0. The molecule has 0 bridgehead atoms. The van der Waals surface area contributed by atoms with Gasteiger partial charge in [-0.05, 0) is 43.3 Å². The Morgan fingerprint density at radius 3 is 2.73 bits per heavy atom. The predicted octanol–water partition coefficient (Wildman–Crippen LogP) is 4.54. The highest BCUT2D eigenvalue weighted by Crippen LogP contribution is 2.40. The van der Waals surface area contributed by atoms with E-state index in [4.69, 9.17) is 23.5 Å². The average Bonchev–Trinajstić information content (AvgIpc) is 3.41. The Labute approximate surface area is 190 Å². The summed E-state index contributed by atoms with van der Waals surface area (Å²) in [6, 6.07) is 12.2. The highest BCUT2D eigenvalue weighted by molar-refractivity contribution is 6.15. The lowest BCUT2D eigenvalue weighted by molar-refractivity contribution is -0.134. The summed E-state index contributed by atoms with van der Waals surface area (Å²) in [5.74, 6) is 1.74. The highest BCUT2D eigenvalue weighted by Gasteiger charge is 2.30. The molecule has 4 rings (SSSR count). The minimum Gasteiger partial charge on any atom is -0.493 e. The quantitative estimate of drug-likeness (QED) is 0.281.